The molecule has 3 aromatic carbocycles. The van der Waals surface area contributed by atoms with Crippen LogP contribution in [0.3, 0.4) is 0 Å². The number of oxazole rings is 1. The van der Waals surface area contributed by atoms with Crippen molar-refractivity contribution in [2.75, 3.05) is 6.54 Å². The number of halogens is 1. The van der Waals surface area contributed by atoms with E-state index in [1.807, 2.05) is 60.4 Å². The van der Waals surface area contributed by atoms with Gasteiger partial charge in [0.1, 0.15) is 17.8 Å². The summed E-state index contributed by atoms with van der Waals surface area (Å²) in [6.45, 7) is 2.85. The van der Waals surface area contributed by atoms with Gasteiger partial charge in [-0.3, -0.25) is 9.59 Å². The van der Waals surface area contributed by atoms with E-state index in [9.17, 15) is 14.0 Å². The molecule has 0 spiro atoms. The number of aromatic nitrogens is 1. The van der Waals surface area contributed by atoms with Crippen LogP contribution < -0.4 is 10.1 Å². The van der Waals surface area contributed by atoms with Gasteiger partial charge in [0.25, 0.3) is 5.91 Å². The van der Waals surface area contributed by atoms with Gasteiger partial charge in [-0.25, -0.2) is 9.37 Å². The third-order valence-electron chi connectivity index (χ3n) is 6.60. The fourth-order valence-corrected chi connectivity index (χ4v) is 4.65. The highest BCUT2D eigenvalue weighted by atomic mass is 19.1. The van der Waals surface area contributed by atoms with Gasteiger partial charge in [-0.1, -0.05) is 55.5 Å². The van der Waals surface area contributed by atoms with Crippen LogP contribution in [0.25, 0.3) is 0 Å². The van der Waals surface area contributed by atoms with Crippen LogP contribution >= 0.6 is 0 Å². The van der Waals surface area contributed by atoms with Gasteiger partial charge in [0, 0.05) is 19.5 Å². The molecular formula is C30H28FN3O4. The Morgan fingerprint density at radius 3 is 2.66 bits per heavy atom. The second kappa shape index (κ2) is 11.3. The highest BCUT2D eigenvalue weighted by molar-refractivity contribution is 5.91. The number of amides is 2. The number of carbonyl (C=O) groups is 2. The van der Waals surface area contributed by atoms with Crippen LogP contribution in [0.5, 0.6) is 5.75 Å². The van der Waals surface area contributed by atoms with Crippen LogP contribution in [0, 0.1) is 5.82 Å². The zero-order valence-corrected chi connectivity index (χ0v) is 21.0. The van der Waals surface area contributed by atoms with Crippen molar-refractivity contribution in [1.82, 2.24) is 15.2 Å². The van der Waals surface area contributed by atoms with Crippen LogP contribution in [0.2, 0.25) is 0 Å². The predicted octanol–water partition coefficient (Wildman–Crippen LogP) is 5.21. The molecule has 8 heteroatoms. The van der Waals surface area contributed by atoms with Crippen molar-refractivity contribution in [3.8, 4) is 5.75 Å². The maximum Gasteiger partial charge on any atom is 0.273 e. The summed E-state index contributed by atoms with van der Waals surface area (Å²) in [5, 5.41) is 2.82. The lowest BCUT2D eigenvalue weighted by Gasteiger charge is -2.38. The molecule has 0 radical (unpaired) electrons. The molecule has 0 bridgehead atoms. The van der Waals surface area contributed by atoms with E-state index in [4.69, 9.17) is 9.15 Å². The first-order valence-corrected chi connectivity index (χ1v) is 12.6. The van der Waals surface area contributed by atoms with Gasteiger partial charge in [0.15, 0.2) is 12.3 Å². The van der Waals surface area contributed by atoms with Gasteiger partial charge in [0.05, 0.1) is 6.04 Å². The molecule has 1 aromatic heterocycles. The number of ether oxygens (including phenoxy) is 1. The lowest BCUT2D eigenvalue weighted by molar-refractivity contribution is -0.132. The third-order valence-corrected chi connectivity index (χ3v) is 6.60. The van der Waals surface area contributed by atoms with Crippen molar-refractivity contribution in [2.45, 2.75) is 39.0 Å². The van der Waals surface area contributed by atoms with E-state index in [1.165, 1.54) is 18.4 Å². The minimum atomic E-state index is -0.336. The van der Waals surface area contributed by atoms with Gasteiger partial charge < -0.3 is 19.4 Å². The lowest BCUT2D eigenvalue weighted by Crippen LogP contribution is -2.40. The molecule has 1 atom stereocenters. The van der Waals surface area contributed by atoms with E-state index < -0.39 is 0 Å². The normalized spacial score (nSPS) is 14.6. The highest BCUT2D eigenvalue weighted by Crippen LogP contribution is 2.37. The zero-order valence-electron chi connectivity index (χ0n) is 21.0. The third kappa shape index (κ3) is 5.59. The Labute approximate surface area is 220 Å². The summed E-state index contributed by atoms with van der Waals surface area (Å²) in [5.41, 5.74) is 4.05. The van der Waals surface area contributed by atoms with Gasteiger partial charge in [-0.15, -0.1) is 0 Å². The Morgan fingerprint density at radius 1 is 1.11 bits per heavy atom. The Bertz CT molecular complexity index is 1420. The largest absolute Gasteiger partial charge is 0.484 e. The fourth-order valence-electron chi connectivity index (χ4n) is 4.65. The maximum absolute atomic E-state index is 13.6. The molecule has 0 fully saturated rings. The number of rotatable bonds is 8. The number of benzene rings is 3. The summed E-state index contributed by atoms with van der Waals surface area (Å²) < 4.78 is 25.0. The molecule has 194 valence electrons. The van der Waals surface area contributed by atoms with Gasteiger partial charge in [0.2, 0.25) is 11.8 Å². The van der Waals surface area contributed by atoms with Crippen molar-refractivity contribution >= 4 is 11.8 Å². The molecule has 7 nitrogen and oxygen atoms in total. The first-order valence-electron chi connectivity index (χ1n) is 12.6. The Balaban J connectivity index is 1.29. The molecule has 0 unspecified atom stereocenters. The van der Waals surface area contributed by atoms with E-state index in [1.54, 1.807) is 12.1 Å². The van der Waals surface area contributed by atoms with Crippen LogP contribution in [0.4, 0.5) is 4.39 Å². The zero-order chi connectivity index (χ0) is 26.5. The minimum Gasteiger partial charge on any atom is -0.484 e. The summed E-state index contributed by atoms with van der Waals surface area (Å²) in [6.07, 6.45) is 2.42. The van der Waals surface area contributed by atoms with Gasteiger partial charge in [-0.05, 0) is 52.9 Å². The number of nitrogens with zero attached hydrogens (tertiary/aromatic N) is 2. The quantitative estimate of drug-likeness (QED) is 0.350. The molecule has 0 saturated carbocycles. The molecule has 5 rings (SSSR count). The van der Waals surface area contributed by atoms with Crippen molar-refractivity contribution < 1.29 is 23.1 Å². The van der Waals surface area contributed by atoms with Crippen LogP contribution in [-0.2, 0) is 24.4 Å². The molecule has 0 aliphatic carbocycles. The Kier molecular flexibility index (Phi) is 7.49. The SMILES string of the molecule is CCC(=O)N1CCc2ccc(OCc3nc(C(=O)NCc4ccccc4)co3)cc2[C@@H]1c1ccc(F)cc1. The van der Waals surface area contributed by atoms with Crippen molar-refractivity contribution in [2.24, 2.45) is 0 Å². The molecule has 2 amide bonds. The lowest BCUT2D eigenvalue weighted by atomic mass is 9.87. The molecule has 1 N–H and O–H groups in total. The van der Waals surface area contributed by atoms with E-state index in [-0.39, 0.29) is 41.9 Å². The number of hydrogen-bond donors (Lipinski definition) is 1. The summed E-state index contributed by atoms with van der Waals surface area (Å²) in [4.78, 5) is 31.3. The van der Waals surface area contributed by atoms with Crippen LogP contribution in [0.15, 0.2) is 83.5 Å². The molecule has 38 heavy (non-hydrogen) atoms. The van der Waals surface area contributed by atoms with Crippen molar-refractivity contribution in [1.29, 1.82) is 0 Å². The summed E-state index contributed by atoms with van der Waals surface area (Å²) >= 11 is 0. The topological polar surface area (TPSA) is 84.7 Å². The number of hydrogen-bond acceptors (Lipinski definition) is 5. The summed E-state index contributed by atoms with van der Waals surface area (Å²) in [6, 6.07) is 21.3. The number of fused-ring (bicyclic) bond motifs is 1. The second-order valence-electron chi connectivity index (χ2n) is 9.09. The first kappa shape index (κ1) is 25.2. The van der Waals surface area contributed by atoms with E-state index >= 15 is 0 Å². The van der Waals surface area contributed by atoms with Gasteiger partial charge >= 0.3 is 0 Å². The molecule has 2 heterocycles. The van der Waals surface area contributed by atoms with Crippen molar-refractivity contribution in [3.05, 3.63) is 119 Å². The average Bonchev–Trinajstić information content (AvgIpc) is 3.44. The van der Waals surface area contributed by atoms with Crippen LogP contribution in [-0.4, -0.2) is 28.2 Å². The first-order chi connectivity index (χ1) is 18.5. The van der Waals surface area contributed by atoms with Crippen LogP contribution in [0.1, 0.15) is 58.0 Å². The molecular weight excluding hydrogens is 485 g/mol. The minimum absolute atomic E-state index is 0.0313. The summed E-state index contributed by atoms with van der Waals surface area (Å²) in [5.74, 6) is 0.226. The van der Waals surface area contributed by atoms with Crippen molar-refractivity contribution in [3.63, 3.8) is 0 Å². The molecule has 1 aliphatic heterocycles. The molecule has 0 saturated heterocycles. The monoisotopic (exact) mass is 513 g/mol. The average molecular weight is 514 g/mol. The fraction of sp³-hybridized carbons (Fsp3) is 0.233. The Morgan fingerprint density at radius 2 is 1.89 bits per heavy atom. The van der Waals surface area contributed by atoms with E-state index in [0.29, 0.717) is 25.3 Å². The summed E-state index contributed by atoms with van der Waals surface area (Å²) in [7, 11) is 0. The smallest absolute Gasteiger partial charge is 0.273 e. The Hall–Kier alpha value is -4.46. The standard InChI is InChI=1S/C30H28FN3O4/c1-2-28(35)34-15-14-21-10-13-24(16-25(21)29(34)22-8-11-23(31)12-9-22)37-19-27-33-26(18-38-27)30(36)32-17-20-6-4-3-5-7-20/h3-13,16,18,29H,2,14-15,17,19H2,1H3,(H,32,36)/t29-/m0/s1. The van der Waals surface area contributed by atoms with E-state index in [0.717, 1.165) is 28.7 Å². The van der Waals surface area contributed by atoms with Gasteiger partial charge in [-0.2, -0.15) is 0 Å². The second-order valence-corrected chi connectivity index (χ2v) is 9.09. The van der Waals surface area contributed by atoms with E-state index in [2.05, 4.69) is 10.3 Å². The number of nitrogens with one attached hydrogen (secondary N) is 1. The predicted molar refractivity (Wildman–Crippen MR) is 139 cm³/mol. The number of carbonyl (C=O) groups excluding carboxylic acids is 2. The maximum atomic E-state index is 13.6. The molecule has 4 aromatic rings. The highest BCUT2D eigenvalue weighted by Gasteiger charge is 2.31. The molecule has 1 aliphatic rings.